The topological polar surface area (TPSA) is 43.3 Å². The van der Waals surface area contributed by atoms with E-state index in [1.54, 1.807) is 0 Å². The minimum Gasteiger partial charge on any atom is -0.373 e. The van der Waals surface area contributed by atoms with Crippen LogP contribution in [-0.2, 0) is 11.3 Å². The van der Waals surface area contributed by atoms with Gasteiger partial charge in [0.15, 0.2) is 5.96 Å². The number of piperidine rings is 1. The van der Waals surface area contributed by atoms with Crippen molar-refractivity contribution in [2.75, 3.05) is 59.5 Å². The van der Waals surface area contributed by atoms with Crippen LogP contribution in [0.5, 0.6) is 0 Å². The van der Waals surface area contributed by atoms with Gasteiger partial charge in [0.2, 0.25) is 0 Å². The zero-order valence-corrected chi connectivity index (χ0v) is 18.1. The van der Waals surface area contributed by atoms with Crippen molar-refractivity contribution in [1.29, 1.82) is 0 Å². The van der Waals surface area contributed by atoms with Gasteiger partial charge in [-0.05, 0) is 44.8 Å². The molecule has 0 aromatic heterocycles. The van der Waals surface area contributed by atoms with Crippen molar-refractivity contribution in [3.05, 3.63) is 35.9 Å². The van der Waals surface area contributed by atoms with E-state index in [4.69, 9.17) is 9.73 Å². The molecule has 0 bridgehead atoms. The molecule has 6 nitrogen and oxygen atoms in total. The van der Waals surface area contributed by atoms with E-state index in [2.05, 4.69) is 64.3 Å². The third kappa shape index (κ3) is 5.30. The van der Waals surface area contributed by atoms with Crippen molar-refractivity contribution in [2.24, 2.45) is 10.9 Å². The monoisotopic (exact) mass is 399 g/mol. The predicted octanol–water partition coefficient (Wildman–Crippen LogP) is 1.88. The smallest absolute Gasteiger partial charge is 0.194 e. The molecule has 6 heteroatoms. The predicted molar refractivity (Wildman–Crippen MR) is 118 cm³/mol. The van der Waals surface area contributed by atoms with Crippen molar-refractivity contribution in [3.8, 4) is 0 Å². The summed E-state index contributed by atoms with van der Waals surface area (Å²) in [6.45, 7) is 11.1. The molecule has 0 amide bonds. The Hall–Kier alpha value is -1.63. The van der Waals surface area contributed by atoms with Gasteiger partial charge in [-0.25, -0.2) is 0 Å². The van der Waals surface area contributed by atoms with Gasteiger partial charge in [0.05, 0.1) is 18.8 Å². The third-order valence-electron chi connectivity index (χ3n) is 6.50. The van der Waals surface area contributed by atoms with Crippen molar-refractivity contribution >= 4 is 5.96 Å². The van der Waals surface area contributed by atoms with Gasteiger partial charge < -0.3 is 19.9 Å². The maximum atomic E-state index is 6.16. The van der Waals surface area contributed by atoms with E-state index >= 15 is 0 Å². The highest BCUT2D eigenvalue weighted by Crippen LogP contribution is 2.25. The molecular formula is C23H37N5O. The van der Waals surface area contributed by atoms with Gasteiger partial charge >= 0.3 is 0 Å². The molecule has 0 radical (unpaired) electrons. The van der Waals surface area contributed by atoms with Crippen LogP contribution in [0.25, 0.3) is 0 Å². The largest absolute Gasteiger partial charge is 0.373 e. The van der Waals surface area contributed by atoms with Gasteiger partial charge in [-0.2, -0.15) is 0 Å². The molecule has 1 aromatic carbocycles. The molecular weight excluding hydrogens is 362 g/mol. The zero-order chi connectivity index (χ0) is 20.1. The van der Waals surface area contributed by atoms with Crippen molar-refractivity contribution in [1.82, 2.24) is 20.0 Å². The molecule has 3 unspecified atom stereocenters. The number of benzene rings is 1. The van der Waals surface area contributed by atoms with Crippen LogP contribution < -0.4 is 5.32 Å². The summed E-state index contributed by atoms with van der Waals surface area (Å²) in [5.74, 6) is 1.75. The Bertz CT molecular complexity index is 666. The lowest BCUT2D eigenvalue weighted by Gasteiger charge is -2.36. The Kier molecular flexibility index (Phi) is 7.06. The number of fused-ring (bicyclic) bond motifs is 1. The summed E-state index contributed by atoms with van der Waals surface area (Å²) >= 11 is 0. The lowest BCUT2D eigenvalue weighted by Crippen LogP contribution is -2.50. The lowest BCUT2D eigenvalue weighted by molar-refractivity contribution is -0.0502. The quantitative estimate of drug-likeness (QED) is 0.605. The molecule has 3 aliphatic rings. The van der Waals surface area contributed by atoms with Crippen LogP contribution >= 0.6 is 0 Å². The molecule has 3 fully saturated rings. The molecule has 0 saturated carbocycles. The van der Waals surface area contributed by atoms with Gasteiger partial charge in [-0.1, -0.05) is 30.3 Å². The van der Waals surface area contributed by atoms with Gasteiger partial charge in [-0.3, -0.25) is 9.89 Å². The van der Waals surface area contributed by atoms with Gasteiger partial charge in [0, 0.05) is 45.8 Å². The average molecular weight is 400 g/mol. The number of rotatable bonds is 5. The molecule has 3 atom stereocenters. The zero-order valence-electron chi connectivity index (χ0n) is 18.1. The summed E-state index contributed by atoms with van der Waals surface area (Å²) in [5.41, 5.74) is 1.38. The van der Waals surface area contributed by atoms with Crippen LogP contribution in [0, 0.1) is 5.92 Å². The van der Waals surface area contributed by atoms with E-state index in [0.29, 0.717) is 12.0 Å². The minimum atomic E-state index is 0.275. The molecule has 160 valence electrons. The summed E-state index contributed by atoms with van der Waals surface area (Å²) in [7, 11) is 2.23. The Balaban J connectivity index is 1.40. The second kappa shape index (κ2) is 9.92. The molecule has 1 N–H and O–H groups in total. The van der Waals surface area contributed by atoms with Crippen LogP contribution in [0.1, 0.15) is 25.3 Å². The van der Waals surface area contributed by atoms with Crippen molar-refractivity contribution in [3.63, 3.8) is 0 Å². The summed E-state index contributed by atoms with van der Waals surface area (Å²) < 4.78 is 6.16. The number of morpholine rings is 1. The maximum absolute atomic E-state index is 6.16. The summed E-state index contributed by atoms with van der Waals surface area (Å²) in [4.78, 5) is 12.5. The Labute approximate surface area is 175 Å². The number of nitrogens with one attached hydrogen (secondary N) is 1. The van der Waals surface area contributed by atoms with Crippen LogP contribution in [0.3, 0.4) is 0 Å². The first-order chi connectivity index (χ1) is 14.2. The highest BCUT2D eigenvalue weighted by Gasteiger charge is 2.41. The summed E-state index contributed by atoms with van der Waals surface area (Å²) in [5, 5.41) is 3.54. The van der Waals surface area contributed by atoms with E-state index in [0.717, 1.165) is 51.8 Å². The van der Waals surface area contributed by atoms with E-state index in [1.165, 1.54) is 31.5 Å². The fourth-order valence-electron chi connectivity index (χ4n) is 5.01. The van der Waals surface area contributed by atoms with Crippen LogP contribution in [0.15, 0.2) is 35.3 Å². The first kappa shape index (κ1) is 20.6. The van der Waals surface area contributed by atoms with E-state index in [9.17, 15) is 0 Å². The second-order valence-corrected chi connectivity index (χ2v) is 8.80. The summed E-state index contributed by atoms with van der Waals surface area (Å²) in [6.07, 6.45) is 2.87. The normalized spacial score (nSPS) is 29.1. The number of likely N-dealkylation sites (tertiary alicyclic amines) is 2. The summed E-state index contributed by atoms with van der Waals surface area (Å²) in [6, 6.07) is 11.2. The second-order valence-electron chi connectivity index (χ2n) is 8.80. The van der Waals surface area contributed by atoms with Crippen molar-refractivity contribution in [2.45, 2.75) is 38.5 Å². The number of hydrogen-bond acceptors (Lipinski definition) is 4. The fraction of sp³-hybridized carbons (Fsp3) is 0.696. The Morgan fingerprint density at radius 1 is 1.17 bits per heavy atom. The molecule has 3 heterocycles. The maximum Gasteiger partial charge on any atom is 0.194 e. The number of nitrogens with zero attached hydrogens (tertiary/aromatic N) is 4. The third-order valence-corrected chi connectivity index (χ3v) is 6.50. The highest BCUT2D eigenvalue weighted by molar-refractivity contribution is 5.80. The Morgan fingerprint density at radius 2 is 2.03 bits per heavy atom. The molecule has 29 heavy (non-hydrogen) atoms. The van der Waals surface area contributed by atoms with Gasteiger partial charge in [0.1, 0.15) is 0 Å². The number of guanidine groups is 1. The van der Waals surface area contributed by atoms with E-state index in [-0.39, 0.29) is 6.10 Å². The van der Waals surface area contributed by atoms with Gasteiger partial charge in [0.25, 0.3) is 0 Å². The lowest BCUT2D eigenvalue weighted by atomic mass is 9.99. The highest BCUT2D eigenvalue weighted by atomic mass is 16.5. The van der Waals surface area contributed by atoms with Crippen LogP contribution in [0.2, 0.25) is 0 Å². The molecule has 3 aliphatic heterocycles. The van der Waals surface area contributed by atoms with Crippen molar-refractivity contribution < 1.29 is 4.74 Å². The SMILES string of the molecule is CCNC(=NCC1CCCN(C)C1)N1CC2OCCN(Cc3ccccc3)C2C1. The number of aliphatic imine (C=N–C) groups is 1. The van der Waals surface area contributed by atoms with Crippen LogP contribution in [-0.4, -0.2) is 92.3 Å². The van der Waals surface area contributed by atoms with E-state index in [1.807, 2.05) is 0 Å². The molecule has 0 aliphatic carbocycles. The first-order valence-corrected chi connectivity index (χ1v) is 11.3. The van der Waals surface area contributed by atoms with Gasteiger partial charge in [-0.15, -0.1) is 0 Å². The molecule has 0 spiro atoms. The Morgan fingerprint density at radius 3 is 2.83 bits per heavy atom. The molecule has 3 saturated heterocycles. The number of hydrogen-bond donors (Lipinski definition) is 1. The molecule has 4 rings (SSSR count). The standard InChI is InChI=1S/C23H37N5O/c1-3-24-23(25-14-20-10-7-11-26(2)15-20)28-17-21-22(18-28)29-13-12-27(21)16-19-8-5-4-6-9-19/h4-6,8-9,20-22H,3,7,10-18H2,1-2H3,(H,24,25). The van der Waals surface area contributed by atoms with Crippen LogP contribution in [0.4, 0.5) is 0 Å². The minimum absolute atomic E-state index is 0.275. The van der Waals surface area contributed by atoms with E-state index < -0.39 is 0 Å². The average Bonchev–Trinajstić information content (AvgIpc) is 3.17. The fourth-order valence-corrected chi connectivity index (χ4v) is 5.01. The first-order valence-electron chi connectivity index (χ1n) is 11.3. The molecule has 1 aromatic rings. The number of ether oxygens (including phenoxy) is 1.